The summed E-state index contributed by atoms with van der Waals surface area (Å²) in [5, 5.41) is 6.54. The Morgan fingerprint density at radius 2 is 1.92 bits per heavy atom. The van der Waals surface area contributed by atoms with Gasteiger partial charge in [-0.25, -0.2) is 4.99 Å². The number of hydrogen-bond acceptors (Lipinski definition) is 4. The Hall–Kier alpha value is -1.22. The molecule has 2 N–H and O–H groups in total. The van der Waals surface area contributed by atoms with Gasteiger partial charge < -0.3 is 24.8 Å². The van der Waals surface area contributed by atoms with Gasteiger partial charge in [0.15, 0.2) is 17.5 Å². The van der Waals surface area contributed by atoms with Crippen molar-refractivity contribution in [2.45, 2.75) is 26.3 Å². The molecule has 0 radical (unpaired) electrons. The Labute approximate surface area is 167 Å². The molecule has 0 heterocycles. The van der Waals surface area contributed by atoms with Crippen molar-refractivity contribution in [1.82, 2.24) is 10.6 Å². The molecule has 1 fully saturated rings. The third kappa shape index (κ3) is 8.13. The van der Waals surface area contributed by atoms with Crippen molar-refractivity contribution in [3.63, 3.8) is 0 Å². The van der Waals surface area contributed by atoms with Crippen molar-refractivity contribution < 1.29 is 14.2 Å². The topological polar surface area (TPSA) is 64.1 Å². The molecule has 0 unspecified atom stereocenters. The molecule has 0 aromatic heterocycles. The fourth-order valence-corrected chi connectivity index (χ4v) is 2.27. The highest BCUT2D eigenvalue weighted by atomic mass is 127. The minimum atomic E-state index is 0. The van der Waals surface area contributed by atoms with Crippen molar-refractivity contribution in [3.05, 3.63) is 23.8 Å². The molecule has 1 aliphatic rings. The monoisotopic (exact) mass is 463 g/mol. The molecule has 7 heteroatoms. The highest BCUT2D eigenvalue weighted by Gasteiger charge is 2.20. The molecule has 0 amide bonds. The summed E-state index contributed by atoms with van der Waals surface area (Å²) in [6.45, 7) is 5.79. The smallest absolute Gasteiger partial charge is 0.191 e. The third-order valence-corrected chi connectivity index (χ3v) is 3.80. The number of nitrogens with one attached hydrogen (secondary N) is 2. The van der Waals surface area contributed by atoms with Gasteiger partial charge in [0, 0.05) is 19.7 Å². The van der Waals surface area contributed by atoms with Crippen molar-refractivity contribution in [2.75, 3.05) is 40.5 Å². The number of guanidine groups is 1. The summed E-state index contributed by atoms with van der Waals surface area (Å²) in [5.41, 5.74) is 1.06. The molecule has 6 nitrogen and oxygen atoms in total. The van der Waals surface area contributed by atoms with E-state index < -0.39 is 0 Å². The Morgan fingerprint density at radius 1 is 1.16 bits per heavy atom. The zero-order valence-corrected chi connectivity index (χ0v) is 17.7. The lowest BCUT2D eigenvalue weighted by Gasteiger charge is -2.12. The molecule has 0 atom stereocenters. The molecule has 1 aromatic rings. The second kappa shape index (κ2) is 12.2. The molecular formula is C18H30IN3O3. The van der Waals surface area contributed by atoms with E-state index in [0.717, 1.165) is 48.6 Å². The lowest BCUT2D eigenvalue weighted by Crippen LogP contribution is -2.39. The van der Waals surface area contributed by atoms with Gasteiger partial charge in [0.1, 0.15) is 0 Å². The predicted molar refractivity (Wildman–Crippen MR) is 111 cm³/mol. The van der Waals surface area contributed by atoms with Gasteiger partial charge in [0.2, 0.25) is 0 Å². The Balaban J connectivity index is 0.00000312. The van der Waals surface area contributed by atoms with Crippen LogP contribution in [0.4, 0.5) is 0 Å². The summed E-state index contributed by atoms with van der Waals surface area (Å²) in [4.78, 5) is 4.60. The molecule has 1 aromatic carbocycles. The average Bonchev–Trinajstić information content (AvgIpc) is 3.43. The van der Waals surface area contributed by atoms with E-state index in [9.17, 15) is 0 Å². The zero-order chi connectivity index (χ0) is 17.2. The first-order chi connectivity index (χ1) is 11.8. The maximum Gasteiger partial charge on any atom is 0.191 e. The standard InChI is InChI=1S/C18H29N3O3.HI/c1-4-19-18(20-9-10-24-13-14-5-6-14)21-12-15-7-8-16(22-2)17(11-15)23-3;/h7-8,11,14H,4-6,9-10,12-13H2,1-3H3,(H2,19,20,21);1H. The Morgan fingerprint density at radius 3 is 2.56 bits per heavy atom. The van der Waals surface area contributed by atoms with E-state index in [1.807, 2.05) is 18.2 Å². The van der Waals surface area contributed by atoms with Crippen LogP contribution in [-0.2, 0) is 11.3 Å². The predicted octanol–water partition coefficient (Wildman–Crippen LogP) is 2.80. The summed E-state index contributed by atoms with van der Waals surface area (Å²) in [5.74, 6) is 3.04. The van der Waals surface area contributed by atoms with Gasteiger partial charge in [0.25, 0.3) is 0 Å². The van der Waals surface area contributed by atoms with Crippen LogP contribution in [0.1, 0.15) is 25.3 Å². The second-order valence-corrected chi connectivity index (χ2v) is 5.83. The zero-order valence-electron chi connectivity index (χ0n) is 15.3. The molecule has 0 aliphatic heterocycles. The van der Waals surface area contributed by atoms with Crippen LogP contribution in [-0.4, -0.2) is 46.5 Å². The summed E-state index contributed by atoms with van der Waals surface area (Å²) >= 11 is 0. The van der Waals surface area contributed by atoms with Crippen LogP contribution in [0.2, 0.25) is 0 Å². The van der Waals surface area contributed by atoms with E-state index >= 15 is 0 Å². The largest absolute Gasteiger partial charge is 0.493 e. The Kier molecular flexibility index (Phi) is 10.6. The number of aliphatic imine (C=N–C) groups is 1. The summed E-state index contributed by atoms with van der Waals surface area (Å²) < 4.78 is 16.2. The first-order valence-corrected chi connectivity index (χ1v) is 8.57. The van der Waals surface area contributed by atoms with E-state index in [1.165, 1.54) is 12.8 Å². The van der Waals surface area contributed by atoms with E-state index in [0.29, 0.717) is 13.2 Å². The normalized spacial score (nSPS) is 13.8. The summed E-state index contributed by atoms with van der Waals surface area (Å²) in [6, 6.07) is 5.84. The lowest BCUT2D eigenvalue weighted by atomic mass is 10.2. The fraction of sp³-hybridized carbons (Fsp3) is 0.611. The van der Waals surface area contributed by atoms with Crippen LogP contribution < -0.4 is 20.1 Å². The molecule has 0 spiro atoms. The van der Waals surface area contributed by atoms with E-state index in [2.05, 4.69) is 22.5 Å². The van der Waals surface area contributed by atoms with Crippen molar-refractivity contribution in [1.29, 1.82) is 0 Å². The maximum atomic E-state index is 5.63. The van der Waals surface area contributed by atoms with E-state index in [4.69, 9.17) is 14.2 Å². The number of methoxy groups -OCH3 is 2. The van der Waals surface area contributed by atoms with Crippen LogP contribution in [0, 0.1) is 5.92 Å². The van der Waals surface area contributed by atoms with Gasteiger partial charge in [-0.2, -0.15) is 0 Å². The highest BCUT2D eigenvalue weighted by molar-refractivity contribution is 14.0. The second-order valence-electron chi connectivity index (χ2n) is 5.83. The lowest BCUT2D eigenvalue weighted by molar-refractivity contribution is 0.129. The van der Waals surface area contributed by atoms with Crippen molar-refractivity contribution in [3.8, 4) is 11.5 Å². The van der Waals surface area contributed by atoms with Gasteiger partial charge in [-0.15, -0.1) is 24.0 Å². The number of benzene rings is 1. The van der Waals surface area contributed by atoms with Gasteiger partial charge in [0.05, 0.1) is 27.4 Å². The highest BCUT2D eigenvalue weighted by Crippen LogP contribution is 2.28. The number of rotatable bonds is 10. The molecular weight excluding hydrogens is 433 g/mol. The molecule has 1 saturated carbocycles. The van der Waals surface area contributed by atoms with Gasteiger partial charge in [-0.05, 0) is 43.4 Å². The molecule has 0 bridgehead atoms. The van der Waals surface area contributed by atoms with Crippen LogP contribution in [0.3, 0.4) is 0 Å². The maximum absolute atomic E-state index is 5.63. The summed E-state index contributed by atoms with van der Waals surface area (Å²) in [6.07, 6.45) is 2.64. The van der Waals surface area contributed by atoms with Gasteiger partial charge in [-0.1, -0.05) is 6.07 Å². The first kappa shape index (κ1) is 21.8. The van der Waals surface area contributed by atoms with E-state index in [-0.39, 0.29) is 24.0 Å². The van der Waals surface area contributed by atoms with Crippen LogP contribution in [0.5, 0.6) is 11.5 Å². The molecule has 25 heavy (non-hydrogen) atoms. The summed E-state index contributed by atoms with van der Waals surface area (Å²) in [7, 11) is 3.27. The first-order valence-electron chi connectivity index (χ1n) is 8.57. The molecule has 142 valence electrons. The number of halogens is 1. The van der Waals surface area contributed by atoms with Gasteiger partial charge in [-0.3, -0.25) is 0 Å². The minimum Gasteiger partial charge on any atom is -0.493 e. The SMILES string of the molecule is CCNC(=NCc1ccc(OC)c(OC)c1)NCCOCC1CC1.I. The third-order valence-electron chi connectivity index (χ3n) is 3.80. The number of nitrogens with zero attached hydrogens (tertiary/aromatic N) is 1. The minimum absolute atomic E-state index is 0. The van der Waals surface area contributed by atoms with Gasteiger partial charge >= 0.3 is 0 Å². The fourth-order valence-electron chi connectivity index (χ4n) is 2.27. The molecule has 2 rings (SSSR count). The van der Waals surface area contributed by atoms with Crippen molar-refractivity contribution >= 4 is 29.9 Å². The van der Waals surface area contributed by atoms with E-state index in [1.54, 1.807) is 14.2 Å². The quantitative estimate of drug-likeness (QED) is 0.242. The molecule has 0 saturated heterocycles. The molecule has 1 aliphatic carbocycles. The van der Waals surface area contributed by atoms with Crippen LogP contribution in [0.25, 0.3) is 0 Å². The Bertz CT molecular complexity index is 536. The van der Waals surface area contributed by atoms with Crippen LogP contribution >= 0.6 is 24.0 Å². The number of hydrogen-bond donors (Lipinski definition) is 2. The number of ether oxygens (including phenoxy) is 3. The van der Waals surface area contributed by atoms with Crippen LogP contribution in [0.15, 0.2) is 23.2 Å². The average molecular weight is 463 g/mol. The van der Waals surface area contributed by atoms with Crippen molar-refractivity contribution in [2.24, 2.45) is 10.9 Å².